The SMILES string of the molecule is CC[N+]1=CCCC=C1/C=C/C1C=CCCC1NCCSSCCNc1ccccc1/C=C/C1CC=CC=[N+]1CC. The van der Waals surface area contributed by atoms with E-state index < -0.39 is 0 Å². The third kappa shape index (κ3) is 9.67. The lowest BCUT2D eigenvalue weighted by molar-refractivity contribution is -0.546. The Balaban J connectivity index is 1.13. The normalized spacial score (nSPS) is 22.9. The number of nitrogens with zero attached hydrogens (tertiary/aromatic N) is 2. The van der Waals surface area contributed by atoms with Gasteiger partial charge in [-0.15, -0.1) is 0 Å². The fraction of sp³-hybridized carbons (Fsp3) is 0.471. The fourth-order valence-electron chi connectivity index (χ4n) is 5.48. The smallest absolute Gasteiger partial charge is 0.200 e. The van der Waals surface area contributed by atoms with Crippen LogP contribution in [0, 0.1) is 5.92 Å². The van der Waals surface area contributed by atoms with E-state index in [9.17, 15) is 0 Å². The Labute approximate surface area is 250 Å². The van der Waals surface area contributed by atoms with Crippen LogP contribution >= 0.6 is 21.6 Å². The molecule has 214 valence electrons. The van der Waals surface area contributed by atoms with E-state index in [2.05, 4.69) is 125 Å². The van der Waals surface area contributed by atoms with Gasteiger partial charge in [-0.2, -0.15) is 0 Å². The molecule has 0 spiro atoms. The monoisotopic (exact) mass is 576 g/mol. The van der Waals surface area contributed by atoms with E-state index in [0.29, 0.717) is 18.0 Å². The summed E-state index contributed by atoms with van der Waals surface area (Å²) in [6, 6.07) is 9.63. The molecule has 0 saturated carbocycles. The predicted molar refractivity (Wildman–Crippen MR) is 180 cm³/mol. The molecule has 0 aromatic heterocycles. The Bertz CT molecular complexity index is 1140. The zero-order valence-electron chi connectivity index (χ0n) is 24.4. The van der Waals surface area contributed by atoms with Crippen LogP contribution in [-0.2, 0) is 0 Å². The van der Waals surface area contributed by atoms with Gasteiger partial charge in [0.25, 0.3) is 0 Å². The van der Waals surface area contributed by atoms with Crippen molar-refractivity contribution < 1.29 is 9.15 Å². The zero-order chi connectivity index (χ0) is 27.8. The summed E-state index contributed by atoms with van der Waals surface area (Å²) in [5.41, 5.74) is 3.84. The van der Waals surface area contributed by atoms with Gasteiger partial charge in [-0.1, -0.05) is 70.2 Å². The Morgan fingerprint density at radius 2 is 1.82 bits per heavy atom. The van der Waals surface area contributed by atoms with Crippen molar-refractivity contribution >= 4 is 45.8 Å². The molecular formula is C34H48N4S2+2. The molecule has 1 aliphatic carbocycles. The summed E-state index contributed by atoms with van der Waals surface area (Å²) in [6.45, 7) is 8.55. The molecule has 0 radical (unpaired) electrons. The van der Waals surface area contributed by atoms with Crippen molar-refractivity contribution in [1.29, 1.82) is 0 Å². The molecular weight excluding hydrogens is 529 g/mol. The van der Waals surface area contributed by atoms with Gasteiger partial charge in [0.2, 0.25) is 5.70 Å². The van der Waals surface area contributed by atoms with Crippen molar-refractivity contribution in [2.75, 3.05) is 43.0 Å². The van der Waals surface area contributed by atoms with E-state index in [4.69, 9.17) is 0 Å². The first kappa shape index (κ1) is 30.7. The van der Waals surface area contributed by atoms with Gasteiger partial charge in [-0.3, -0.25) is 0 Å². The Kier molecular flexibility index (Phi) is 13.4. The molecule has 0 amide bonds. The topological polar surface area (TPSA) is 30.1 Å². The van der Waals surface area contributed by atoms with E-state index in [-0.39, 0.29) is 0 Å². The summed E-state index contributed by atoms with van der Waals surface area (Å²) in [5, 5.41) is 7.51. The summed E-state index contributed by atoms with van der Waals surface area (Å²) < 4.78 is 4.77. The second kappa shape index (κ2) is 17.5. The molecule has 6 heteroatoms. The molecule has 2 aliphatic heterocycles. The third-order valence-corrected chi connectivity index (χ3v) is 10.1. The summed E-state index contributed by atoms with van der Waals surface area (Å²) >= 11 is 0. The van der Waals surface area contributed by atoms with Crippen LogP contribution in [0.4, 0.5) is 5.69 Å². The van der Waals surface area contributed by atoms with Crippen LogP contribution in [-0.4, -0.2) is 71.3 Å². The highest BCUT2D eigenvalue weighted by Crippen LogP contribution is 2.24. The lowest BCUT2D eigenvalue weighted by Gasteiger charge is -2.26. The highest BCUT2D eigenvalue weighted by atomic mass is 33.1. The summed E-state index contributed by atoms with van der Waals surface area (Å²) in [4.78, 5) is 0. The molecule has 3 unspecified atom stereocenters. The van der Waals surface area contributed by atoms with Gasteiger partial charge in [-0.05, 0) is 63.0 Å². The van der Waals surface area contributed by atoms with Crippen molar-refractivity contribution in [3.05, 3.63) is 84.1 Å². The number of benzene rings is 1. The van der Waals surface area contributed by atoms with Gasteiger partial charge in [0, 0.05) is 61.2 Å². The average molecular weight is 577 g/mol. The molecule has 2 heterocycles. The van der Waals surface area contributed by atoms with Crippen molar-refractivity contribution in [1.82, 2.24) is 5.32 Å². The van der Waals surface area contributed by atoms with Crippen LogP contribution in [0.1, 0.15) is 51.5 Å². The molecule has 3 atom stereocenters. The number of likely N-dealkylation sites (N-methyl/N-ethyl adjacent to an activating group) is 2. The molecule has 0 saturated heterocycles. The molecule has 4 rings (SSSR count). The Morgan fingerprint density at radius 1 is 0.950 bits per heavy atom. The minimum atomic E-state index is 0.443. The molecule has 1 aromatic rings. The van der Waals surface area contributed by atoms with Crippen LogP contribution in [0.3, 0.4) is 0 Å². The zero-order valence-corrected chi connectivity index (χ0v) is 26.0. The maximum atomic E-state index is 3.85. The first-order chi connectivity index (χ1) is 19.8. The van der Waals surface area contributed by atoms with Gasteiger partial charge in [0.05, 0.1) is 0 Å². The molecule has 3 aliphatic rings. The number of nitrogens with one attached hydrogen (secondary N) is 2. The van der Waals surface area contributed by atoms with Crippen molar-refractivity contribution in [3.63, 3.8) is 0 Å². The lowest BCUT2D eigenvalue weighted by atomic mass is 9.89. The van der Waals surface area contributed by atoms with Gasteiger partial charge < -0.3 is 10.6 Å². The van der Waals surface area contributed by atoms with Gasteiger partial charge >= 0.3 is 0 Å². The van der Waals surface area contributed by atoms with Crippen LogP contribution in [0.25, 0.3) is 6.08 Å². The number of anilines is 1. The largest absolute Gasteiger partial charge is 0.384 e. The summed E-state index contributed by atoms with van der Waals surface area (Å²) in [7, 11) is 3.95. The minimum absolute atomic E-state index is 0.443. The van der Waals surface area contributed by atoms with Crippen molar-refractivity contribution in [2.24, 2.45) is 5.92 Å². The van der Waals surface area contributed by atoms with Crippen LogP contribution in [0.5, 0.6) is 0 Å². The van der Waals surface area contributed by atoms with Crippen molar-refractivity contribution in [2.45, 2.75) is 58.0 Å². The highest BCUT2D eigenvalue weighted by Gasteiger charge is 2.20. The summed E-state index contributed by atoms with van der Waals surface area (Å²) in [5.74, 6) is 2.70. The number of rotatable bonds is 15. The molecule has 0 fully saturated rings. The minimum Gasteiger partial charge on any atom is -0.384 e. The van der Waals surface area contributed by atoms with Gasteiger partial charge in [-0.25, -0.2) is 9.15 Å². The second-order valence-corrected chi connectivity index (χ2v) is 13.1. The number of allylic oxidation sites excluding steroid dienone is 4. The molecule has 1 aromatic carbocycles. The number of hydrogen-bond donors (Lipinski definition) is 2. The van der Waals surface area contributed by atoms with Crippen LogP contribution in [0.2, 0.25) is 0 Å². The standard InChI is InChI=1S/C34H48N4S2/c1-3-37-25-11-9-15-31(37)21-19-29-13-5-7-17-33(29)35-23-27-39-40-28-24-36-34-18-8-6-14-30(34)20-22-32-16-10-12-26-38(32)4-2/h5-7,9,11,13-14,16-17,19-22,25-26,30-31,34-36H,3-4,8,10,12,15,18,23-24,27-28H2,1-2H3/q+2/b21-19+,22-20+. The Morgan fingerprint density at radius 3 is 2.70 bits per heavy atom. The molecule has 4 nitrogen and oxygen atoms in total. The third-order valence-electron chi connectivity index (χ3n) is 7.72. The maximum Gasteiger partial charge on any atom is 0.200 e. The second-order valence-electron chi connectivity index (χ2n) is 10.4. The molecule has 2 N–H and O–H groups in total. The maximum absolute atomic E-state index is 3.85. The van der Waals surface area contributed by atoms with Crippen LogP contribution < -0.4 is 10.6 Å². The fourth-order valence-corrected chi connectivity index (χ4v) is 7.30. The first-order valence-corrected chi connectivity index (χ1v) is 17.7. The van der Waals surface area contributed by atoms with Crippen molar-refractivity contribution in [3.8, 4) is 0 Å². The first-order valence-electron chi connectivity index (χ1n) is 15.2. The van der Waals surface area contributed by atoms with Gasteiger partial charge in [0.15, 0.2) is 12.3 Å². The van der Waals surface area contributed by atoms with Crippen LogP contribution in [0.15, 0.2) is 78.6 Å². The van der Waals surface area contributed by atoms with E-state index >= 15 is 0 Å². The highest BCUT2D eigenvalue weighted by molar-refractivity contribution is 8.76. The summed E-state index contributed by atoms with van der Waals surface area (Å²) in [6.07, 6.45) is 31.2. The number of para-hydroxylation sites is 1. The lowest BCUT2D eigenvalue weighted by Crippen LogP contribution is -2.37. The average Bonchev–Trinajstić information content (AvgIpc) is 3.01. The Hall–Kier alpha value is -2.28. The quantitative estimate of drug-likeness (QED) is 0.100. The number of hydrogen-bond acceptors (Lipinski definition) is 4. The molecule has 40 heavy (non-hydrogen) atoms. The predicted octanol–water partition coefficient (Wildman–Crippen LogP) is 7.19. The van der Waals surface area contributed by atoms with E-state index in [1.807, 2.05) is 21.6 Å². The molecule has 0 bridgehead atoms. The van der Waals surface area contributed by atoms with E-state index in [0.717, 1.165) is 56.9 Å². The van der Waals surface area contributed by atoms with E-state index in [1.54, 1.807) is 0 Å². The van der Waals surface area contributed by atoms with E-state index in [1.165, 1.54) is 29.8 Å². The van der Waals surface area contributed by atoms with Gasteiger partial charge in [0.1, 0.15) is 19.3 Å².